The molecule has 20 heavy (non-hydrogen) atoms. The molecular formula is C16H24N2O2. The van der Waals surface area contributed by atoms with Crippen LogP contribution in [0.4, 0.5) is 0 Å². The first-order valence-electron chi connectivity index (χ1n) is 7.25. The Hall–Kier alpha value is -1.39. The lowest BCUT2D eigenvalue weighted by atomic mass is 10.0. The number of rotatable bonds is 8. The van der Waals surface area contributed by atoms with Crippen molar-refractivity contribution in [2.24, 2.45) is 11.1 Å². The molecule has 1 aromatic rings. The van der Waals surface area contributed by atoms with E-state index >= 15 is 0 Å². The van der Waals surface area contributed by atoms with Gasteiger partial charge >= 0.3 is 0 Å². The van der Waals surface area contributed by atoms with Crippen LogP contribution in [0.15, 0.2) is 24.3 Å². The smallest absolute Gasteiger partial charge is 0.251 e. The van der Waals surface area contributed by atoms with Crippen molar-refractivity contribution in [1.82, 2.24) is 5.32 Å². The van der Waals surface area contributed by atoms with Crippen molar-refractivity contribution in [3.63, 3.8) is 0 Å². The Balaban J connectivity index is 1.82. The Labute approximate surface area is 120 Å². The van der Waals surface area contributed by atoms with E-state index in [1.807, 2.05) is 24.3 Å². The van der Waals surface area contributed by atoms with Crippen LogP contribution in [-0.4, -0.2) is 32.7 Å². The average Bonchev–Trinajstić information content (AvgIpc) is 3.24. The van der Waals surface area contributed by atoms with Gasteiger partial charge in [-0.2, -0.15) is 0 Å². The number of carbonyl (C=O) groups excluding carboxylic acids is 1. The molecule has 0 heterocycles. The lowest BCUT2D eigenvalue weighted by Crippen LogP contribution is -2.30. The van der Waals surface area contributed by atoms with E-state index in [0.29, 0.717) is 12.1 Å². The third kappa shape index (κ3) is 4.05. The van der Waals surface area contributed by atoms with Crippen molar-refractivity contribution in [1.29, 1.82) is 0 Å². The van der Waals surface area contributed by atoms with Crippen LogP contribution in [0.5, 0.6) is 0 Å². The zero-order chi connectivity index (χ0) is 14.4. The minimum absolute atomic E-state index is 0.00740. The highest BCUT2D eigenvalue weighted by Gasteiger charge is 2.42. The minimum Gasteiger partial charge on any atom is -0.385 e. The third-order valence-electron chi connectivity index (χ3n) is 4.07. The molecular weight excluding hydrogens is 252 g/mol. The van der Waals surface area contributed by atoms with Gasteiger partial charge in [-0.25, -0.2) is 0 Å². The van der Waals surface area contributed by atoms with Crippen molar-refractivity contribution in [3.05, 3.63) is 35.4 Å². The van der Waals surface area contributed by atoms with Crippen LogP contribution in [-0.2, 0) is 11.2 Å². The van der Waals surface area contributed by atoms with Crippen LogP contribution >= 0.6 is 0 Å². The van der Waals surface area contributed by atoms with Crippen molar-refractivity contribution in [3.8, 4) is 0 Å². The van der Waals surface area contributed by atoms with E-state index in [-0.39, 0.29) is 11.3 Å². The lowest BCUT2D eigenvalue weighted by Gasteiger charge is -2.15. The molecule has 2 rings (SSSR count). The summed E-state index contributed by atoms with van der Waals surface area (Å²) in [4.78, 5) is 12.1. The van der Waals surface area contributed by atoms with E-state index < -0.39 is 0 Å². The second-order valence-electron chi connectivity index (χ2n) is 5.66. The molecule has 1 saturated carbocycles. The summed E-state index contributed by atoms with van der Waals surface area (Å²) in [5.74, 6) is 0.00740. The first-order chi connectivity index (χ1) is 9.69. The lowest BCUT2D eigenvalue weighted by molar-refractivity contribution is 0.0938. The molecule has 4 nitrogen and oxygen atoms in total. The van der Waals surface area contributed by atoms with Gasteiger partial charge in [0.15, 0.2) is 0 Å². The van der Waals surface area contributed by atoms with E-state index in [1.165, 1.54) is 18.4 Å². The Bertz CT molecular complexity index is 438. The molecule has 0 radical (unpaired) electrons. The molecule has 1 aliphatic carbocycles. The Morgan fingerprint density at radius 2 is 2.05 bits per heavy atom. The summed E-state index contributed by atoms with van der Waals surface area (Å²) >= 11 is 0. The number of methoxy groups -OCH3 is 1. The van der Waals surface area contributed by atoms with Crippen molar-refractivity contribution in [2.45, 2.75) is 25.7 Å². The average molecular weight is 276 g/mol. The van der Waals surface area contributed by atoms with Gasteiger partial charge in [-0.15, -0.1) is 0 Å². The number of ether oxygens (including phenoxy) is 1. The summed E-state index contributed by atoms with van der Waals surface area (Å²) in [6, 6.07) is 7.68. The molecule has 1 amide bonds. The molecule has 4 heteroatoms. The van der Waals surface area contributed by atoms with Gasteiger partial charge in [-0.3, -0.25) is 4.79 Å². The van der Waals surface area contributed by atoms with E-state index in [1.54, 1.807) is 7.11 Å². The second kappa shape index (κ2) is 6.86. The second-order valence-corrected chi connectivity index (χ2v) is 5.66. The van der Waals surface area contributed by atoms with E-state index in [4.69, 9.17) is 10.5 Å². The van der Waals surface area contributed by atoms with Gasteiger partial charge in [0.1, 0.15) is 0 Å². The highest BCUT2D eigenvalue weighted by Crippen LogP contribution is 2.48. The molecule has 0 aliphatic heterocycles. The number of nitrogens with one attached hydrogen (secondary N) is 1. The first-order valence-corrected chi connectivity index (χ1v) is 7.25. The quantitative estimate of drug-likeness (QED) is 0.760. The van der Waals surface area contributed by atoms with Crippen LogP contribution < -0.4 is 11.1 Å². The summed E-state index contributed by atoms with van der Waals surface area (Å²) in [5, 5.41) is 3.04. The summed E-state index contributed by atoms with van der Waals surface area (Å²) in [5.41, 5.74) is 7.68. The first kappa shape index (κ1) is 15.0. The number of hydrogen-bond acceptors (Lipinski definition) is 3. The van der Waals surface area contributed by atoms with Crippen LogP contribution in [0.25, 0.3) is 0 Å². The van der Waals surface area contributed by atoms with Crippen LogP contribution in [0.2, 0.25) is 0 Å². The summed E-state index contributed by atoms with van der Waals surface area (Å²) < 4.78 is 5.12. The largest absolute Gasteiger partial charge is 0.385 e. The van der Waals surface area contributed by atoms with Gasteiger partial charge in [0.05, 0.1) is 0 Å². The fourth-order valence-corrected chi connectivity index (χ4v) is 2.37. The molecule has 1 aliphatic rings. The predicted molar refractivity (Wildman–Crippen MR) is 79.7 cm³/mol. The van der Waals surface area contributed by atoms with Gasteiger partial charge < -0.3 is 15.8 Å². The van der Waals surface area contributed by atoms with Gasteiger partial charge in [0, 0.05) is 25.8 Å². The van der Waals surface area contributed by atoms with Gasteiger partial charge in [-0.1, -0.05) is 12.1 Å². The zero-order valence-corrected chi connectivity index (χ0v) is 12.2. The Morgan fingerprint density at radius 3 is 2.60 bits per heavy atom. The highest BCUT2D eigenvalue weighted by molar-refractivity contribution is 5.94. The monoisotopic (exact) mass is 276 g/mol. The normalized spacial score (nSPS) is 15.9. The number of benzene rings is 1. The van der Waals surface area contributed by atoms with E-state index in [9.17, 15) is 4.79 Å². The molecule has 1 fully saturated rings. The molecule has 3 N–H and O–H groups in total. The SMILES string of the molecule is COCCC1(CNC(=O)c2ccc(CCN)cc2)CC1. The summed E-state index contributed by atoms with van der Waals surface area (Å²) in [7, 11) is 1.72. The molecule has 0 bridgehead atoms. The number of amides is 1. The molecule has 0 unspecified atom stereocenters. The fraction of sp³-hybridized carbons (Fsp3) is 0.562. The topological polar surface area (TPSA) is 64.3 Å². The Kier molecular flexibility index (Phi) is 5.15. The van der Waals surface area contributed by atoms with Crippen LogP contribution in [0.3, 0.4) is 0 Å². The maximum atomic E-state index is 12.1. The van der Waals surface area contributed by atoms with Crippen LogP contribution in [0, 0.1) is 5.41 Å². The molecule has 110 valence electrons. The number of nitrogens with two attached hydrogens (primary N) is 1. The van der Waals surface area contributed by atoms with Crippen molar-refractivity contribution in [2.75, 3.05) is 26.8 Å². The highest BCUT2D eigenvalue weighted by atomic mass is 16.5. The fourth-order valence-electron chi connectivity index (χ4n) is 2.37. The minimum atomic E-state index is 0.00740. The zero-order valence-electron chi connectivity index (χ0n) is 12.2. The predicted octanol–water partition coefficient (Wildman–Crippen LogP) is 1.73. The molecule has 0 spiro atoms. The summed E-state index contributed by atoms with van der Waals surface area (Å²) in [6.07, 6.45) is 4.25. The van der Waals surface area contributed by atoms with E-state index in [0.717, 1.165) is 26.0 Å². The Morgan fingerprint density at radius 1 is 1.35 bits per heavy atom. The third-order valence-corrected chi connectivity index (χ3v) is 4.07. The van der Waals surface area contributed by atoms with Gasteiger partial charge in [0.2, 0.25) is 0 Å². The standard InChI is InChI=1S/C16H24N2O2/c1-20-11-9-16(7-8-16)12-18-15(19)14-4-2-13(3-5-14)6-10-17/h2-5H,6-12,17H2,1H3,(H,18,19). The van der Waals surface area contributed by atoms with Gasteiger partial charge in [0.25, 0.3) is 5.91 Å². The number of hydrogen-bond donors (Lipinski definition) is 2. The number of carbonyl (C=O) groups is 1. The molecule has 0 aromatic heterocycles. The molecule has 0 saturated heterocycles. The van der Waals surface area contributed by atoms with Crippen LogP contribution in [0.1, 0.15) is 35.2 Å². The maximum Gasteiger partial charge on any atom is 0.251 e. The van der Waals surface area contributed by atoms with E-state index in [2.05, 4.69) is 5.32 Å². The van der Waals surface area contributed by atoms with Crippen molar-refractivity contribution < 1.29 is 9.53 Å². The van der Waals surface area contributed by atoms with Crippen molar-refractivity contribution >= 4 is 5.91 Å². The molecule has 1 aromatic carbocycles. The van der Waals surface area contributed by atoms with Gasteiger partial charge in [-0.05, 0) is 55.3 Å². The summed E-state index contributed by atoms with van der Waals surface area (Å²) in [6.45, 7) is 2.15. The maximum absolute atomic E-state index is 12.1. The molecule has 0 atom stereocenters.